The van der Waals surface area contributed by atoms with Gasteiger partial charge >= 0.3 is 0 Å². The Bertz CT molecular complexity index is 1010. The molecule has 0 radical (unpaired) electrons. The zero-order chi connectivity index (χ0) is 20.9. The van der Waals surface area contributed by atoms with Crippen LogP contribution in [0, 0.1) is 11.3 Å². The third-order valence-electron chi connectivity index (χ3n) is 5.13. The summed E-state index contributed by atoms with van der Waals surface area (Å²) in [7, 11) is -3.70. The number of nitrogens with one attached hydrogen (secondary N) is 1. The molecule has 0 bridgehead atoms. The fourth-order valence-corrected chi connectivity index (χ4v) is 5.34. The van der Waals surface area contributed by atoms with Crippen LogP contribution in [0.1, 0.15) is 42.9 Å². The van der Waals surface area contributed by atoms with Gasteiger partial charge in [0, 0.05) is 13.1 Å². The molecule has 2 aromatic carbocycles. The van der Waals surface area contributed by atoms with Gasteiger partial charge in [-0.25, -0.2) is 8.42 Å². The minimum atomic E-state index is -3.70. The quantitative estimate of drug-likeness (QED) is 0.758. The van der Waals surface area contributed by atoms with E-state index in [1.165, 1.54) is 4.31 Å². The zero-order valence-corrected chi connectivity index (χ0v) is 17.3. The van der Waals surface area contributed by atoms with Crippen LogP contribution >= 0.6 is 0 Å². The molecule has 0 saturated carbocycles. The van der Waals surface area contributed by atoms with Crippen LogP contribution in [0.15, 0.2) is 53.4 Å². The first kappa shape index (κ1) is 21.0. The van der Waals surface area contributed by atoms with Crippen molar-refractivity contribution >= 4 is 15.9 Å². The number of sulfonamides is 1. The molecule has 0 aromatic heterocycles. The van der Waals surface area contributed by atoms with Crippen molar-refractivity contribution in [2.45, 2.75) is 50.1 Å². The number of amides is 1. The Morgan fingerprint density at radius 1 is 1.24 bits per heavy atom. The summed E-state index contributed by atoms with van der Waals surface area (Å²) in [6, 6.07) is 15.2. The summed E-state index contributed by atoms with van der Waals surface area (Å²) in [6.45, 7) is 2.70. The predicted molar refractivity (Wildman–Crippen MR) is 110 cm³/mol. The first-order chi connectivity index (χ1) is 14.0. The SMILES string of the molecule is CCCc1cc(CNC(=O)C2CCCN2S(=O)(=O)c2ccccc2)ccc1C#N. The fraction of sp³-hybridized carbons (Fsp3) is 0.364. The normalized spacial score (nSPS) is 17.0. The van der Waals surface area contributed by atoms with E-state index in [4.69, 9.17) is 0 Å². The minimum Gasteiger partial charge on any atom is -0.351 e. The molecule has 0 aliphatic carbocycles. The summed E-state index contributed by atoms with van der Waals surface area (Å²) < 4.78 is 27.2. The highest BCUT2D eigenvalue weighted by atomic mass is 32.2. The lowest BCUT2D eigenvalue weighted by molar-refractivity contribution is -0.124. The number of hydrogen-bond acceptors (Lipinski definition) is 4. The average Bonchev–Trinajstić information content (AvgIpc) is 3.24. The molecule has 0 spiro atoms. The number of benzene rings is 2. The van der Waals surface area contributed by atoms with E-state index in [1.807, 2.05) is 12.1 Å². The second-order valence-electron chi connectivity index (χ2n) is 7.16. The molecule has 1 fully saturated rings. The molecule has 7 heteroatoms. The third-order valence-corrected chi connectivity index (χ3v) is 7.05. The zero-order valence-electron chi connectivity index (χ0n) is 16.5. The summed E-state index contributed by atoms with van der Waals surface area (Å²) in [5, 5.41) is 12.1. The topological polar surface area (TPSA) is 90.3 Å². The molecular weight excluding hydrogens is 386 g/mol. The number of hydrogen-bond donors (Lipinski definition) is 1. The molecule has 152 valence electrons. The Kier molecular flexibility index (Phi) is 6.68. The number of rotatable bonds is 7. The van der Waals surface area contributed by atoms with Crippen molar-refractivity contribution < 1.29 is 13.2 Å². The molecule has 29 heavy (non-hydrogen) atoms. The highest BCUT2D eigenvalue weighted by Crippen LogP contribution is 2.26. The summed E-state index contributed by atoms with van der Waals surface area (Å²) in [6.07, 6.45) is 2.89. The van der Waals surface area contributed by atoms with Gasteiger partial charge in [-0.2, -0.15) is 9.57 Å². The standard InChI is InChI=1S/C22H25N3O3S/c1-2-7-18-14-17(11-12-19(18)15-23)16-24-22(26)21-10-6-13-25(21)29(27,28)20-8-4-3-5-9-20/h3-5,8-9,11-12,14,21H,2,6-7,10,13,16H2,1H3,(H,24,26). The smallest absolute Gasteiger partial charge is 0.243 e. The molecule has 1 unspecified atom stereocenters. The third kappa shape index (κ3) is 4.66. The van der Waals surface area contributed by atoms with Crippen LogP contribution in [0.3, 0.4) is 0 Å². The fourth-order valence-electron chi connectivity index (χ4n) is 3.67. The lowest BCUT2D eigenvalue weighted by atomic mass is 10.0. The molecule has 1 saturated heterocycles. The summed E-state index contributed by atoms with van der Waals surface area (Å²) in [4.78, 5) is 13.0. The second-order valence-corrected chi connectivity index (χ2v) is 9.05. The number of carbonyl (C=O) groups excluding carboxylic acids is 1. The van der Waals surface area contributed by atoms with E-state index in [1.54, 1.807) is 36.4 Å². The Hall–Kier alpha value is -2.69. The van der Waals surface area contributed by atoms with Gasteiger partial charge in [-0.05, 0) is 48.6 Å². The van der Waals surface area contributed by atoms with Gasteiger partial charge in [0.2, 0.25) is 15.9 Å². The van der Waals surface area contributed by atoms with Crippen molar-refractivity contribution in [2.24, 2.45) is 0 Å². The van der Waals surface area contributed by atoms with E-state index < -0.39 is 16.1 Å². The van der Waals surface area contributed by atoms with Crippen molar-refractivity contribution in [1.29, 1.82) is 5.26 Å². The molecule has 1 aliphatic heterocycles. The number of aryl methyl sites for hydroxylation is 1. The molecule has 1 amide bonds. The van der Waals surface area contributed by atoms with Crippen molar-refractivity contribution in [3.05, 3.63) is 65.2 Å². The molecule has 1 heterocycles. The van der Waals surface area contributed by atoms with E-state index in [0.717, 1.165) is 24.0 Å². The largest absolute Gasteiger partial charge is 0.351 e. The van der Waals surface area contributed by atoms with Gasteiger partial charge in [-0.15, -0.1) is 0 Å². The lowest BCUT2D eigenvalue weighted by Gasteiger charge is -2.23. The van der Waals surface area contributed by atoms with Crippen LogP contribution in [-0.2, 0) is 27.8 Å². The molecule has 1 aliphatic rings. The lowest BCUT2D eigenvalue weighted by Crippen LogP contribution is -2.45. The maximum absolute atomic E-state index is 12.9. The number of nitrogens with zero attached hydrogens (tertiary/aromatic N) is 2. The summed E-state index contributed by atoms with van der Waals surface area (Å²) in [5.41, 5.74) is 2.52. The Morgan fingerprint density at radius 3 is 2.69 bits per heavy atom. The Balaban J connectivity index is 1.71. The van der Waals surface area contributed by atoms with E-state index in [9.17, 15) is 18.5 Å². The van der Waals surface area contributed by atoms with E-state index in [0.29, 0.717) is 31.5 Å². The van der Waals surface area contributed by atoms with Crippen LogP contribution in [0.5, 0.6) is 0 Å². The van der Waals surface area contributed by atoms with Crippen LogP contribution in [0.25, 0.3) is 0 Å². The van der Waals surface area contributed by atoms with Crippen molar-refractivity contribution in [1.82, 2.24) is 9.62 Å². The van der Waals surface area contributed by atoms with Gasteiger partial charge in [-0.1, -0.05) is 43.7 Å². The van der Waals surface area contributed by atoms with Gasteiger partial charge in [0.1, 0.15) is 6.04 Å². The Morgan fingerprint density at radius 2 is 2.00 bits per heavy atom. The predicted octanol–water partition coefficient (Wildman–Crippen LogP) is 2.98. The van der Waals surface area contributed by atoms with Gasteiger partial charge in [-0.3, -0.25) is 4.79 Å². The molecule has 6 nitrogen and oxygen atoms in total. The van der Waals surface area contributed by atoms with Gasteiger partial charge in [0.25, 0.3) is 0 Å². The monoisotopic (exact) mass is 411 g/mol. The highest BCUT2D eigenvalue weighted by Gasteiger charge is 2.39. The number of nitriles is 1. The summed E-state index contributed by atoms with van der Waals surface area (Å²) >= 11 is 0. The van der Waals surface area contributed by atoms with Crippen LogP contribution in [0.4, 0.5) is 0 Å². The Labute approximate surface area is 172 Å². The van der Waals surface area contributed by atoms with Gasteiger partial charge in [0.05, 0.1) is 16.5 Å². The van der Waals surface area contributed by atoms with E-state index in [2.05, 4.69) is 18.3 Å². The minimum absolute atomic E-state index is 0.205. The number of carbonyl (C=O) groups is 1. The van der Waals surface area contributed by atoms with Crippen molar-refractivity contribution in [3.8, 4) is 6.07 Å². The van der Waals surface area contributed by atoms with E-state index >= 15 is 0 Å². The van der Waals surface area contributed by atoms with Gasteiger partial charge < -0.3 is 5.32 Å². The van der Waals surface area contributed by atoms with Crippen LogP contribution in [0.2, 0.25) is 0 Å². The molecule has 2 aromatic rings. The second kappa shape index (κ2) is 9.21. The van der Waals surface area contributed by atoms with Crippen molar-refractivity contribution in [3.63, 3.8) is 0 Å². The highest BCUT2D eigenvalue weighted by molar-refractivity contribution is 7.89. The van der Waals surface area contributed by atoms with Gasteiger partial charge in [0.15, 0.2) is 0 Å². The average molecular weight is 412 g/mol. The van der Waals surface area contributed by atoms with Crippen LogP contribution in [-0.4, -0.2) is 31.2 Å². The molecular formula is C22H25N3O3S. The summed E-state index contributed by atoms with van der Waals surface area (Å²) in [5.74, 6) is -0.289. The molecule has 1 atom stereocenters. The van der Waals surface area contributed by atoms with E-state index in [-0.39, 0.29) is 10.8 Å². The molecule has 1 N–H and O–H groups in total. The first-order valence-corrected chi connectivity index (χ1v) is 11.3. The first-order valence-electron chi connectivity index (χ1n) is 9.84. The van der Waals surface area contributed by atoms with Crippen LogP contribution < -0.4 is 5.32 Å². The van der Waals surface area contributed by atoms with Crippen molar-refractivity contribution in [2.75, 3.05) is 6.54 Å². The molecule has 3 rings (SSSR count). The maximum atomic E-state index is 12.9. The maximum Gasteiger partial charge on any atom is 0.243 e.